The summed E-state index contributed by atoms with van der Waals surface area (Å²) in [5, 5.41) is 11.6. The molecule has 0 spiro atoms. The van der Waals surface area contributed by atoms with E-state index >= 15 is 0 Å². The van der Waals surface area contributed by atoms with Gasteiger partial charge in [0.05, 0.1) is 0 Å². The lowest BCUT2D eigenvalue weighted by molar-refractivity contribution is -0.189. The van der Waals surface area contributed by atoms with Gasteiger partial charge < -0.3 is 9.84 Å². The number of nitrogens with zero attached hydrogens (tertiary/aromatic N) is 1. The van der Waals surface area contributed by atoms with Gasteiger partial charge in [-0.15, -0.1) is 0 Å². The van der Waals surface area contributed by atoms with Crippen LogP contribution in [-0.4, -0.2) is 41.7 Å². The molecule has 5 rings (SSSR count). The van der Waals surface area contributed by atoms with E-state index in [2.05, 4.69) is 4.90 Å². The Hall–Kier alpha value is -1.39. The predicted octanol–water partition coefficient (Wildman–Crippen LogP) is 3.09. The average molecular weight is 343 g/mol. The fourth-order valence-corrected chi connectivity index (χ4v) is 5.00. The highest BCUT2D eigenvalue weighted by Gasteiger charge is 2.49. The summed E-state index contributed by atoms with van der Waals surface area (Å²) in [6, 6.07) is 9.44. The normalized spacial score (nSPS) is 32.1. The van der Waals surface area contributed by atoms with Gasteiger partial charge in [-0.1, -0.05) is 49.6 Å². The Labute approximate surface area is 150 Å². The Kier molecular flexibility index (Phi) is 4.83. The summed E-state index contributed by atoms with van der Waals surface area (Å²) >= 11 is 0. The summed E-state index contributed by atoms with van der Waals surface area (Å²) in [4.78, 5) is 15.6. The molecule has 1 aliphatic carbocycles. The molecule has 0 aromatic heterocycles. The third-order valence-electron chi connectivity index (χ3n) is 6.58. The smallest absolute Gasteiger partial charge is 0.343 e. The van der Waals surface area contributed by atoms with Gasteiger partial charge in [0, 0.05) is 12.5 Å². The number of aliphatic hydroxyl groups is 1. The lowest BCUT2D eigenvalue weighted by atomic mass is 9.73. The van der Waals surface area contributed by atoms with E-state index < -0.39 is 11.6 Å². The highest BCUT2D eigenvalue weighted by Crippen LogP contribution is 2.41. The molecule has 1 unspecified atom stereocenters. The number of carbonyl (C=O) groups is 1. The topological polar surface area (TPSA) is 49.8 Å². The Morgan fingerprint density at radius 1 is 1.04 bits per heavy atom. The summed E-state index contributed by atoms with van der Waals surface area (Å²) in [6.07, 6.45) is 7.27. The van der Waals surface area contributed by atoms with Crippen LogP contribution >= 0.6 is 0 Å². The number of benzene rings is 1. The number of fused-ring (bicyclic) bond motifs is 3. The minimum Gasteiger partial charge on any atom is -0.458 e. The maximum absolute atomic E-state index is 13.2. The molecular formula is C21H29NO3. The van der Waals surface area contributed by atoms with Gasteiger partial charge in [-0.3, -0.25) is 4.90 Å². The van der Waals surface area contributed by atoms with Gasteiger partial charge in [-0.05, 0) is 50.3 Å². The number of esters is 1. The fraction of sp³-hybridized carbons (Fsp3) is 0.667. The Balaban J connectivity index is 1.58. The Morgan fingerprint density at radius 2 is 1.72 bits per heavy atom. The minimum absolute atomic E-state index is 0.0442. The monoisotopic (exact) mass is 343 g/mol. The molecule has 0 amide bonds. The summed E-state index contributed by atoms with van der Waals surface area (Å²) in [7, 11) is 0. The molecule has 0 radical (unpaired) electrons. The number of ether oxygens (including phenoxy) is 1. The molecule has 4 aliphatic rings. The van der Waals surface area contributed by atoms with Gasteiger partial charge in [0.1, 0.15) is 6.10 Å². The number of hydrogen-bond acceptors (Lipinski definition) is 4. The van der Waals surface area contributed by atoms with Crippen molar-refractivity contribution in [2.75, 3.05) is 19.6 Å². The maximum Gasteiger partial charge on any atom is 0.343 e. The first-order valence-corrected chi connectivity index (χ1v) is 9.89. The van der Waals surface area contributed by atoms with Crippen LogP contribution in [-0.2, 0) is 15.1 Å². The van der Waals surface area contributed by atoms with Crippen molar-refractivity contribution in [2.24, 2.45) is 11.8 Å². The SMILES string of the molecule is O=C(O[C@H]1CN2CCC1CC2)C(O)(c1ccccc1)C1CCCCC1. The van der Waals surface area contributed by atoms with Crippen LogP contribution in [0, 0.1) is 11.8 Å². The maximum atomic E-state index is 13.2. The predicted molar refractivity (Wildman–Crippen MR) is 96.0 cm³/mol. The standard InChI is InChI=1S/C21H29NO3/c23-20(25-19-15-22-13-11-16(19)12-14-22)21(24,17-7-3-1-4-8-17)18-9-5-2-6-10-18/h1,3-4,7-8,16,18-19,24H,2,5-6,9-15H2/t19-,21?/m0/s1. The zero-order chi connectivity index (χ0) is 17.3. The van der Waals surface area contributed by atoms with Crippen molar-refractivity contribution in [3.8, 4) is 0 Å². The summed E-state index contributed by atoms with van der Waals surface area (Å²) in [6.45, 7) is 3.06. The van der Waals surface area contributed by atoms with Crippen LogP contribution in [0.1, 0.15) is 50.5 Å². The second-order valence-corrected chi connectivity index (χ2v) is 8.05. The van der Waals surface area contributed by atoms with E-state index in [4.69, 9.17) is 4.74 Å². The Bertz CT molecular complexity index is 590. The third-order valence-corrected chi connectivity index (χ3v) is 6.58. The number of hydrogen-bond donors (Lipinski definition) is 1. The van der Waals surface area contributed by atoms with E-state index in [0.29, 0.717) is 11.5 Å². The van der Waals surface area contributed by atoms with Crippen LogP contribution in [0.3, 0.4) is 0 Å². The van der Waals surface area contributed by atoms with E-state index in [1.165, 1.54) is 6.42 Å². The summed E-state index contributed by atoms with van der Waals surface area (Å²) in [5.41, 5.74) is -0.818. The molecule has 1 N–H and O–H groups in total. The molecule has 136 valence electrons. The molecule has 25 heavy (non-hydrogen) atoms. The lowest BCUT2D eigenvalue weighted by Crippen LogP contribution is -2.54. The van der Waals surface area contributed by atoms with Gasteiger partial charge >= 0.3 is 5.97 Å². The molecule has 1 saturated carbocycles. The van der Waals surface area contributed by atoms with Crippen LogP contribution in [0.15, 0.2) is 30.3 Å². The van der Waals surface area contributed by atoms with Crippen molar-refractivity contribution in [3.05, 3.63) is 35.9 Å². The fourth-order valence-electron chi connectivity index (χ4n) is 5.00. The van der Waals surface area contributed by atoms with E-state index in [1.807, 2.05) is 30.3 Å². The van der Waals surface area contributed by atoms with Crippen LogP contribution < -0.4 is 0 Å². The van der Waals surface area contributed by atoms with E-state index in [0.717, 1.165) is 58.2 Å². The largest absolute Gasteiger partial charge is 0.458 e. The highest BCUT2D eigenvalue weighted by molar-refractivity contribution is 5.81. The molecule has 1 aromatic rings. The zero-order valence-electron chi connectivity index (χ0n) is 14.9. The summed E-state index contributed by atoms with van der Waals surface area (Å²) < 4.78 is 5.97. The van der Waals surface area contributed by atoms with Crippen molar-refractivity contribution in [1.29, 1.82) is 0 Å². The van der Waals surface area contributed by atoms with Gasteiger partial charge in [0.15, 0.2) is 5.60 Å². The molecule has 4 fully saturated rings. The molecule has 3 saturated heterocycles. The van der Waals surface area contributed by atoms with Crippen molar-refractivity contribution >= 4 is 5.97 Å². The van der Waals surface area contributed by atoms with Crippen molar-refractivity contribution in [1.82, 2.24) is 4.90 Å². The van der Waals surface area contributed by atoms with E-state index in [1.54, 1.807) is 0 Å². The number of piperidine rings is 3. The van der Waals surface area contributed by atoms with Gasteiger partial charge in [-0.25, -0.2) is 4.79 Å². The Morgan fingerprint density at radius 3 is 2.32 bits per heavy atom. The molecule has 4 nitrogen and oxygen atoms in total. The van der Waals surface area contributed by atoms with Gasteiger partial charge in [0.25, 0.3) is 0 Å². The second kappa shape index (κ2) is 7.08. The third kappa shape index (κ3) is 3.22. The first-order chi connectivity index (χ1) is 12.2. The van der Waals surface area contributed by atoms with Gasteiger partial charge in [-0.2, -0.15) is 0 Å². The van der Waals surface area contributed by atoms with Crippen molar-refractivity contribution in [2.45, 2.75) is 56.7 Å². The second-order valence-electron chi connectivity index (χ2n) is 8.05. The highest BCUT2D eigenvalue weighted by atomic mass is 16.6. The quantitative estimate of drug-likeness (QED) is 0.854. The molecule has 2 atom stereocenters. The molecule has 2 bridgehead atoms. The first-order valence-electron chi connectivity index (χ1n) is 9.89. The average Bonchev–Trinajstić information content (AvgIpc) is 2.69. The number of rotatable bonds is 4. The zero-order valence-corrected chi connectivity index (χ0v) is 14.9. The molecule has 3 heterocycles. The molecule has 4 heteroatoms. The van der Waals surface area contributed by atoms with Crippen LogP contribution in [0.25, 0.3) is 0 Å². The van der Waals surface area contributed by atoms with Crippen LogP contribution in [0.4, 0.5) is 0 Å². The molecular weight excluding hydrogens is 314 g/mol. The van der Waals surface area contributed by atoms with E-state index in [9.17, 15) is 9.90 Å². The van der Waals surface area contributed by atoms with Crippen LogP contribution in [0.2, 0.25) is 0 Å². The number of carbonyl (C=O) groups excluding carboxylic acids is 1. The van der Waals surface area contributed by atoms with Crippen molar-refractivity contribution in [3.63, 3.8) is 0 Å². The lowest BCUT2D eigenvalue weighted by Gasteiger charge is -2.45. The van der Waals surface area contributed by atoms with E-state index in [-0.39, 0.29) is 12.0 Å². The van der Waals surface area contributed by atoms with Crippen molar-refractivity contribution < 1.29 is 14.6 Å². The summed E-state index contributed by atoms with van der Waals surface area (Å²) in [5.74, 6) is -0.0121. The minimum atomic E-state index is -1.51. The van der Waals surface area contributed by atoms with Crippen LogP contribution in [0.5, 0.6) is 0 Å². The molecule has 1 aromatic carbocycles. The molecule has 3 aliphatic heterocycles. The van der Waals surface area contributed by atoms with Gasteiger partial charge in [0.2, 0.25) is 0 Å². The first kappa shape index (κ1) is 17.0.